The van der Waals surface area contributed by atoms with Gasteiger partial charge in [-0.1, -0.05) is 54.1 Å². The van der Waals surface area contributed by atoms with Crippen LogP contribution in [0.4, 0.5) is 10.1 Å². The number of carbonyl (C=O) groups excluding carboxylic acids is 2. The van der Waals surface area contributed by atoms with Gasteiger partial charge in [-0.2, -0.15) is 0 Å². The second kappa shape index (κ2) is 8.47. The zero-order chi connectivity index (χ0) is 19.2. The Kier molecular flexibility index (Phi) is 5.84. The van der Waals surface area contributed by atoms with Gasteiger partial charge in [0.2, 0.25) is 6.10 Å². The van der Waals surface area contributed by atoms with Gasteiger partial charge in [-0.15, -0.1) is 0 Å². The van der Waals surface area contributed by atoms with Gasteiger partial charge < -0.3 is 10.1 Å². The standard InChI is InChI=1S/C21H15ClFNO3/c22-18-9-5-4-8-17(18)21(26)27-19(14-6-2-1-3-7-14)20(25)24-16-12-10-15(23)11-13-16/h1-13,19H,(H,24,25)/t19-/m0/s1. The van der Waals surface area contributed by atoms with Crippen molar-refractivity contribution in [2.45, 2.75) is 6.10 Å². The molecule has 1 amide bonds. The summed E-state index contributed by atoms with van der Waals surface area (Å²) in [7, 11) is 0. The summed E-state index contributed by atoms with van der Waals surface area (Å²) in [5.41, 5.74) is 1.04. The van der Waals surface area contributed by atoms with Crippen LogP contribution in [0.2, 0.25) is 5.02 Å². The average Bonchev–Trinajstić information content (AvgIpc) is 2.68. The van der Waals surface area contributed by atoms with E-state index in [1.54, 1.807) is 48.5 Å². The minimum atomic E-state index is -1.19. The summed E-state index contributed by atoms with van der Waals surface area (Å²) >= 11 is 6.04. The van der Waals surface area contributed by atoms with Crippen molar-refractivity contribution in [2.24, 2.45) is 0 Å². The van der Waals surface area contributed by atoms with Crippen molar-refractivity contribution in [2.75, 3.05) is 5.32 Å². The number of benzene rings is 3. The first-order chi connectivity index (χ1) is 13.0. The molecule has 0 aliphatic heterocycles. The van der Waals surface area contributed by atoms with Crippen LogP contribution in [-0.2, 0) is 9.53 Å². The highest BCUT2D eigenvalue weighted by Gasteiger charge is 2.26. The number of carbonyl (C=O) groups is 2. The second-order valence-electron chi connectivity index (χ2n) is 5.67. The minimum absolute atomic E-state index is 0.162. The van der Waals surface area contributed by atoms with Gasteiger partial charge in [0.05, 0.1) is 10.6 Å². The summed E-state index contributed by atoms with van der Waals surface area (Å²) in [5.74, 6) is -1.70. The summed E-state index contributed by atoms with van der Waals surface area (Å²) in [4.78, 5) is 25.2. The molecule has 0 aliphatic carbocycles. The molecule has 0 aliphatic rings. The Morgan fingerprint density at radius 2 is 1.52 bits per heavy atom. The lowest BCUT2D eigenvalue weighted by Crippen LogP contribution is -2.26. The van der Waals surface area contributed by atoms with E-state index in [0.717, 1.165) is 0 Å². The molecule has 0 bridgehead atoms. The number of nitrogens with one attached hydrogen (secondary N) is 1. The van der Waals surface area contributed by atoms with E-state index < -0.39 is 23.8 Å². The summed E-state index contributed by atoms with van der Waals surface area (Å²) in [6.45, 7) is 0. The maximum atomic E-state index is 13.1. The first-order valence-corrected chi connectivity index (χ1v) is 8.49. The van der Waals surface area contributed by atoms with Crippen molar-refractivity contribution in [3.8, 4) is 0 Å². The van der Waals surface area contributed by atoms with Gasteiger partial charge in [0.15, 0.2) is 0 Å². The van der Waals surface area contributed by atoms with Crippen LogP contribution >= 0.6 is 11.6 Å². The number of esters is 1. The summed E-state index contributed by atoms with van der Waals surface area (Å²) < 4.78 is 18.5. The number of halogens is 2. The predicted molar refractivity (Wildman–Crippen MR) is 101 cm³/mol. The van der Waals surface area contributed by atoms with Gasteiger partial charge in [0, 0.05) is 11.3 Å². The minimum Gasteiger partial charge on any atom is -0.444 e. The molecule has 0 radical (unpaired) electrons. The molecule has 6 heteroatoms. The fourth-order valence-electron chi connectivity index (χ4n) is 2.44. The van der Waals surface area contributed by atoms with Crippen LogP contribution < -0.4 is 5.32 Å². The first kappa shape index (κ1) is 18.6. The Hall–Kier alpha value is -3.18. The quantitative estimate of drug-likeness (QED) is 0.630. The van der Waals surface area contributed by atoms with E-state index in [2.05, 4.69) is 5.32 Å². The van der Waals surface area contributed by atoms with E-state index in [9.17, 15) is 14.0 Å². The zero-order valence-corrected chi connectivity index (χ0v) is 14.8. The van der Waals surface area contributed by atoms with Crippen LogP contribution in [0.1, 0.15) is 22.0 Å². The van der Waals surface area contributed by atoms with Crippen molar-refractivity contribution in [3.05, 3.63) is 101 Å². The molecule has 3 aromatic carbocycles. The number of hydrogen-bond acceptors (Lipinski definition) is 3. The normalized spacial score (nSPS) is 11.5. The Labute approximate surface area is 160 Å². The van der Waals surface area contributed by atoms with E-state index in [1.165, 1.54) is 30.3 Å². The number of anilines is 1. The van der Waals surface area contributed by atoms with Crippen molar-refractivity contribution in [3.63, 3.8) is 0 Å². The molecule has 1 atom stereocenters. The summed E-state index contributed by atoms with van der Waals surface area (Å²) in [5, 5.41) is 2.85. The monoisotopic (exact) mass is 383 g/mol. The van der Waals surface area contributed by atoms with Gasteiger partial charge in [-0.25, -0.2) is 9.18 Å². The van der Waals surface area contributed by atoms with Crippen LogP contribution in [-0.4, -0.2) is 11.9 Å². The average molecular weight is 384 g/mol. The predicted octanol–water partition coefficient (Wildman–Crippen LogP) is 5.02. The van der Waals surface area contributed by atoms with Crippen molar-refractivity contribution in [1.29, 1.82) is 0 Å². The molecule has 1 N–H and O–H groups in total. The number of amides is 1. The summed E-state index contributed by atoms with van der Waals surface area (Å²) in [6.07, 6.45) is -1.19. The lowest BCUT2D eigenvalue weighted by atomic mass is 10.1. The SMILES string of the molecule is O=C(O[C@H](C(=O)Nc1ccc(F)cc1)c1ccccc1)c1ccccc1Cl. The van der Waals surface area contributed by atoms with Crippen LogP contribution in [0, 0.1) is 5.82 Å². The van der Waals surface area contributed by atoms with Crippen LogP contribution in [0.15, 0.2) is 78.9 Å². The maximum Gasteiger partial charge on any atom is 0.340 e. The maximum absolute atomic E-state index is 13.1. The lowest BCUT2D eigenvalue weighted by Gasteiger charge is -2.18. The van der Waals surface area contributed by atoms with Crippen LogP contribution in [0.25, 0.3) is 0 Å². The van der Waals surface area contributed by atoms with Crippen molar-refractivity contribution < 1.29 is 18.7 Å². The third kappa shape index (κ3) is 4.71. The molecule has 0 heterocycles. The lowest BCUT2D eigenvalue weighted by molar-refractivity contribution is -0.125. The fraction of sp³-hybridized carbons (Fsp3) is 0.0476. The molecular weight excluding hydrogens is 369 g/mol. The fourth-order valence-corrected chi connectivity index (χ4v) is 2.65. The Bertz CT molecular complexity index is 945. The largest absolute Gasteiger partial charge is 0.444 e. The highest BCUT2D eigenvalue weighted by molar-refractivity contribution is 6.33. The van der Waals surface area contributed by atoms with E-state index in [0.29, 0.717) is 11.3 Å². The van der Waals surface area contributed by atoms with Gasteiger partial charge in [-0.05, 0) is 36.4 Å². The van der Waals surface area contributed by atoms with Crippen LogP contribution in [0.3, 0.4) is 0 Å². The zero-order valence-electron chi connectivity index (χ0n) is 14.1. The van der Waals surface area contributed by atoms with Crippen molar-refractivity contribution in [1.82, 2.24) is 0 Å². The molecule has 136 valence electrons. The van der Waals surface area contributed by atoms with E-state index >= 15 is 0 Å². The molecule has 0 saturated carbocycles. The number of ether oxygens (including phenoxy) is 1. The van der Waals surface area contributed by atoms with Gasteiger partial charge >= 0.3 is 5.97 Å². The molecule has 27 heavy (non-hydrogen) atoms. The first-order valence-electron chi connectivity index (χ1n) is 8.11. The highest BCUT2D eigenvalue weighted by atomic mass is 35.5. The molecule has 0 saturated heterocycles. The Balaban J connectivity index is 1.85. The molecule has 0 unspecified atom stereocenters. The molecule has 4 nitrogen and oxygen atoms in total. The topological polar surface area (TPSA) is 55.4 Å². The molecule has 0 spiro atoms. The van der Waals surface area contributed by atoms with E-state index in [4.69, 9.17) is 16.3 Å². The third-order valence-corrected chi connectivity index (χ3v) is 4.10. The Morgan fingerprint density at radius 1 is 0.889 bits per heavy atom. The highest BCUT2D eigenvalue weighted by Crippen LogP contribution is 2.24. The number of rotatable bonds is 5. The molecule has 3 aromatic rings. The van der Waals surface area contributed by atoms with Gasteiger partial charge in [0.1, 0.15) is 5.82 Å². The third-order valence-electron chi connectivity index (χ3n) is 3.77. The van der Waals surface area contributed by atoms with E-state index in [-0.39, 0.29) is 10.6 Å². The number of hydrogen-bond donors (Lipinski definition) is 1. The molecule has 0 fully saturated rings. The van der Waals surface area contributed by atoms with Crippen LogP contribution in [0.5, 0.6) is 0 Å². The molecule has 3 rings (SSSR count). The molecule has 0 aromatic heterocycles. The Morgan fingerprint density at radius 3 is 2.19 bits per heavy atom. The second-order valence-corrected chi connectivity index (χ2v) is 6.08. The van der Waals surface area contributed by atoms with Gasteiger partial charge in [-0.3, -0.25) is 4.79 Å². The smallest absolute Gasteiger partial charge is 0.340 e. The summed E-state index contributed by atoms with van der Waals surface area (Å²) in [6, 6.07) is 20.3. The van der Waals surface area contributed by atoms with Gasteiger partial charge in [0.25, 0.3) is 5.91 Å². The van der Waals surface area contributed by atoms with Crippen molar-refractivity contribution >= 4 is 29.2 Å². The molecular formula is C21H15ClFNO3. The van der Waals surface area contributed by atoms with E-state index in [1.807, 2.05) is 0 Å².